The number of nitrogens with two attached hydrogens (primary N) is 1. The van der Waals surface area contributed by atoms with Crippen LogP contribution in [0.3, 0.4) is 0 Å². The van der Waals surface area contributed by atoms with Gasteiger partial charge in [0.25, 0.3) is 11.6 Å². The summed E-state index contributed by atoms with van der Waals surface area (Å²) < 4.78 is 77.8. The number of halogens is 3. The van der Waals surface area contributed by atoms with Crippen molar-refractivity contribution in [2.45, 2.75) is 43.3 Å². The lowest BCUT2D eigenvalue weighted by Gasteiger charge is -2.29. The van der Waals surface area contributed by atoms with Gasteiger partial charge in [-0.1, -0.05) is 18.2 Å². The van der Waals surface area contributed by atoms with Gasteiger partial charge in [0.1, 0.15) is 6.61 Å². The van der Waals surface area contributed by atoms with Crippen LogP contribution in [0.1, 0.15) is 34.8 Å². The number of nitrogens with zero attached hydrogens (tertiary/aromatic N) is 3. The molecular weight excluding hydrogens is 645 g/mol. The van der Waals surface area contributed by atoms with Crippen molar-refractivity contribution in [3.8, 4) is 11.5 Å². The smallest absolute Gasteiger partial charge is 0.422 e. The number of hydrogen-bond acceptors (Lipinski definition) is 9. The number of amides is 1. The summed E-state index contributed by atoms with van der Waals surface area (Å²) in [6, 6.07) is 12.8. The number of rotatable bonds is 16. The molecule has 0 aromatic heterocycles. The molecule has 0 bridgehead atoms. The largest absolute Gasteiger partial charge is 0.488 e. The van der Waals surface area contributed by atoms with Crippen LogP contribution in [0.4, 0.5) is 24.5 Å². The van der Waals surface area contributed by atoms with Gasteiger partial charge in [-0.05, 0) is 67.6 Å². The normalized spacial score (nSPS) is 13.8. The second kappa shape index (κ2) is 15.0. The van der Waals surface area contributed by atoms with E-state index in [0.29, 0.717) is 37.2 Å². The summed E-state index contributed by atoms with van der Waals surface area (Å²) in [5, 5.41) is 20.4. The number of anilines is 1. The minimum absolute atomic E-state index is 0.0116. The third-order valence-electron chi connectivity index (χ3n) is 7.55. The Bertz CT molecular complexity index is 1690. The van der Waals surface area contributed by atoms with E-state index in [1.54, 1.807) is 13.0 Å². The number of para-hydroxylation sites is 2. The number of nitro groups is 1. The van der Waals surface area contributed by atoms with Gasteiger partial charge in [-0.2, -0.15) is 17.5 Å². The predicted octanol–water partition coefficient (Wildman–Crippen LogP) is 4.08. The van der Waals surface area contributed by atoms with Gasteiger partial charge >= 0.3 is 6.18 Å². The maximum absolute atomic E-state index is 13.9. The Balaban J connectivity index is 1.61. The van der Waals surface area contributed by atoms with Crippen molar-refractivity contribution in [2.75, 3.05) is 44.4 Å². The van der Waals surface area contributed by atoms with Crippen LogP contribution in [-0.4, -0.2) is 80.3 Å². The number of non-ortho nitro benzene ring substituents is 1. The molecule has 3 aromatic rings. The molecule has 0 aliphatic carbocycles. The number of primary amides is 1. The molecule has 47 heavy (non-hydrogen) atoms. The Morgan fingerprint density at radius 3 is 2.38 bits per heavy atom. The van der Waals surface area contributed by atoms with E-state index in [-0.39, 0.29) is 53.8 Å². The van der Waals surface area contributed by atoms with Crippen LogP contribution in [0.2, 0.25) is 0 Å². The van der Waals surface area contributed by atoms with E-state index in [0.717, 1.165) is 34.1 Å². The van der Waals surface area contributed by atoms with E-state index in [1.807, 2.05) is 11.0 Å². The number of sulfonamides is 1. The number of aliphatic hydroxyl groups is 1. The van der Waals surface area contributed by atoms with E-state index >= 15 is 0 Å². The zero-order chi connectivity index (χ0) is 34.4. The van der Waals surface area contributed by atoms with Crippen LogP contribution in [0.5, 0.6) is 11.5 Å². The van der Waals surface area contributed by atoms with Gasteiger partial charge in [-0.15, -0.1) is 0 Å². The van der Waals surface area contributed by atoms with Crippen LogP contribution >= 0.6 is 0 Å². The number of hydrogen-bond donors (Lipinski definition) is 2. The van der Waals surface area contributed by atoms with Gasteiger partial charge in [-0.25, -0.2) is 8.42 Å². The fourth-order valence-electron chi connectivity index (χ4n) is 5.47. The number of benzene rings is 3. The predicted molar refractivity (Wildman–Crippen MR) is 166 cm³/mol. The highest BCUT2D eigenvalue weighted by Gasteiger charge is 2.32. The maximum Gasteiger partial charge on any atom is 0.422 e. The summed E-state index contributed by atoms with van der Waals surface area (Å²) in [6.07, 6.45) is -3.31. The second-order valence-electron chi connectivity index (χ2n) is 10.9. The third kappa shape index (κ3) is 8.90. The molecule has 0 unspecified atom stereocenters. The zero-order valence-electron chi connectivity index (χ0n) is 25.5. The van der Waals surface area contributed by atoms with E-state index < -0.39 is 39.7 Å². The molecule has 1 atom stereocenters. The minimum Gasteiger partial charge on any atom is -0.488 e. The van der Waals surface area contributed by atoms with Crippen LogP contribution in [0, 0.1) is 10.1 Å². The topological polar surface area (TPSA) is 166 Å². The minimum atomic E-state index is -4.58. The molecule has 0 saturated carbocycles. The van der Waals surface area contributed by atoms with Gasteiger partial charge < -0.3 is 25.2 Å². The number of fused-ring (bicyclic) bond motifs is 1. The van der Waals surface area contributed by atoms with E-state index in [2.05, 4.69) is 0 Å². The Morgan fingerprint density at radius 2 is 1.79 bits per heavy atom. The lowest BCUT2D eigenvalue weighted by Crippen LogP contribution is -2.42. The van der Waals surface area contributed by atoms with Crippen LogP contribution in [0.25, 0.3) is 0 Å². The molecule has 1 amide bonds. The van der Waals surface area contributed by atoms with Crippen molar-refractivity contribution in [1.29, 1.82) is 0 Å². The molecule has 4 rings (SSSR count). The maximum atomic E-state index is 13.9. The summed E-state index contributed by atoms with van der Waals surface area (Å²) in [5.41, 5.74) is 7.92. The summed E-state index contributed by atoms with van der Waals surface area (Å²) in [5.74, 6) is -0.845. The number of aliphatic hydroxyl groups excluding tert-OH is 1. The van der Waals surface area contributed by atoms with Gasteiger partial charge in [0.15, 0.2) is 18.1 Å². The van der Waals surface area contributed by atoms with Crippen LogP contribution in [0.15, 0.2) is 65.6 Å². The SMILES string of the molecule is C[C@H](Cc1cc2c(c(C(N)=O)c1)N(CCCO)CC2)N(CCOc1ccccc1OCC(F)(F)F)S(=O)(=O)c1ccc([N+](=O)[O-])cc1. The first-order chi connectivity index (χ1) is 22.2. The molecule has 3 aromatic carbocycles. The lowest BCUT2D eigenvalue weighted by atomic mass is 9.98. The number of ether oxygens (including phenoxy) is 2. The van der Waals surface area contributed by atoms with Crippen LogP contribution in [-0.2, 0) is 22.9 Å². The summed E-state index contributed by atoms with van der Waals surface area (Å²) in [6.45, 7) is 0.719. The fraction of sp³-hybridized carbons (Fsp3) is 0.387. The molecule has 1 aliphatic rings. The molecule has 1 heterocycles. The van der Waals surface area contributed by atoms with Crippen molar-refractivity contribution >= 4 is 27.3 Å². The molecule has 0 fully saturated rings. The van der Waals surface area contributed by atoms with Crippen molar-refractivity contribution < 1.29 is 45.9 Å². The fourth-order valence-corrected chi connectivity index (χ4v) is 7.09. The molecule has 16 heteroatoms. The average molecular weight is 681 g/mol. The molecular formula is C31H35F3N4O8S. The number of nitro benzene ring substituents is 1. The molecule has 0 radical (unpaired) electrons. The van der Waals surface area contributed by atoms with Crippen LogP contribution < -0.4 is 20.1 Å². The zero-order valence-corrected chi connectivity index (χ0v) is 26.3. The first-order valence-corrected chi connectivity index (χ1v) is 16.1. The first-order valence-electron chi connectivity index (χ1n) is 14.7. The van der Waals surface area contributed by atoms with Gasteiger partial charge in [0.2, 0.25) is 10.0 Å². The first kappa shape index (κ1) is 35.4. The average Bonchev–Trinajstić information content (AvgIpc) is 3.43. The summed E-state index contributed by atoms with van der Waals surface area (Å²) in [4.78, 5) is 24.7. The summed E-state index contributed by atoms with van der Waals surface area (Å²) in [7, 11) is -4.29. The molecule has 0 spiro atoms. The quantitative estimate of drug-likeness (QED) is 0.168. The highest BCUT2D eigenvalue weighted by Crippen LogP contribution is 2.34. The van der Waals surface area contributed by atoms with Gasteiger partial charge in [-0.3, -0.25) is 14.9 Å². The molecule has 0 saturated heterocycles. The third-order valence-corrected chi connectivity index (χ3v) is 9.58. The molecule has 3 N–H and O–H groups in total. The number of alkyl halides is 3. The molecule has 254 valence electrons. The molecule has 1 aliphatic heterocycles. The van der Waals surface area contributed by atoms with Gasteiger partial charge in [0, 0.05) is 44.4 Å². The number of carbonyl (C=O) groups excluding carboxylic acids is 1. The summed E-state index contributed by atoms with van der Waals surface area (Å²) >= 11 is 0. The van der Waals surface area contributed by atoms with Crippen molar-refractivity contribution in [1.82, 2.24) is 4.31 Å². The molecule has 12 nitrogen and oxygen atoms in total. The Hall–Kier alpha value is -4.41. The highest BCUT2D eigenvalue weighted by atomic mass is 32.2. The van der Waals surface area contributed by atoms with E-state index in [9.17, 15) is 41.6 Å². The van der Waals surface area contributed by atoms with E-state index in [4.69, 9.17) is 15.2 Å². The second-order valence-corrected chi connectivity index (χ2v) is 12.8. The van der Waals surface area contributed by atoms with Gasteiger partial charge in [0.05, 0.1) is 21.1 Å². The van der Waals surface area contributed by atoms with Crippen molar-refractivity contribution in [3.63, 3.8) is 0 Å². The van der Waals surface area contributed by atoms with Crippen molar-refractivity contribution in [3.05, 3.63) is 87.5 Å². The standard InChI is InChI=1S/C31H35F3N4O8S/c1-21(17-22-18-23-11-13-36(12-4-15-39)29(23)26(19-22)30(35)40)37(47(43,44)25-9-7-24(8-10-25)38(41)42)14-16-45-27-5-2-3-6-28(27)46-20-31(32,33)34/h2-3,5-10,18-19,21,39H,4,11-17,20H2,1H3,(H2,35,40)/t21-/m1/s1. The monoisotopic (exact) mass is 680 g/mol. The van der Waals surface area contributed by atoms with Crippen molar-refractivity contribution in [2.24, 2.45) is 5.73 Å². The Morgan fingerprint density at radius 1 is 1.13 bits per heavy atom. The highest BCUT2D eigenvalue weighted by molar-refractivity contribution is 7.89. The number of carbonyl (C=O) groups is 1. The Kier molecular flexibility index (Phi) is 11.3. The lowest BCUT2D eigenvalue weighted by molar-refractivity contribution is -0.384. The Labute approximate surface area is 269 Å². The van der Waals surface area contributed by atoms with E-state index in [1.165, 1.54) is 24.3 Å².